The average molecular weight is 296 g/mol. The normalized spacial score (nSPS) is 10.6. The van der Waals surface area contributed by atoms with E-state index in [9.17, 15) is 4.79 Å². The molecule has 0 unspecified atom stereocenters. The lowest BCUT2D eigenvalue weighted by Crippen LogP contribution is -2.08. The molecule has 3 rings (SSSR count). The second kappa shape index (κ2) is 5.40. The number of aromatic amines is 1. The van der Waals surface area contributed by atoms with Crippen LogP contribution < -0.4 is 20.9 Å². The lowest BCUT2D eigenvalue weighted by atomic mass is 10.2. The highest BCUT2D eigenvalue weighted by atomic mass is 16.5. The lowest BCUT2D eigenvalue weighted by Gasteiger charge is -2.14. The van der Waals surface area contributed by atoms with Crippen molar-refractivity contribution in [3.63, 3.8) is 0 Å². The molecule has 0 bridgehead atoms. The fourth-order valence-corrected chi connectivity index (χ4v) is 2.15. The number of hydrogen-bond acceptors (Lipinski definition) is 5. The largest absolute Gasteiger partial charge is 0.455 e. The zero-order valence-corrected chi connectivity index (χ0v) is 12.3. The molecule has 0 saturated carbocycles. The Labute approximate surface area is 127 Å². The van der Waals surface area contributed by atoms with Gasteiger partial charge >= 0.3 is 0 Å². The van der Waals surface area contributed by atoms with Crippen molar-refractivity contribution in [1.29, 1.82) is 0 Å². The van der Waals surface area contributed by atoms with Crippen LogP contribution in [-0.2, 0) is 0 Å². The van der Waals surface area contributed by atoms with Crippen LogP contribution in [0.3, 0.4) is 0 Å². The number of fused-ring (bicyclic) bond motifs is 1. The molecule has 112 valence electrons. The molecule has 0 atom stereocenters. The van der Waals surface area contributed by atoms with Crippen LogP contribution in [0.2, 0.25) is 0 Å². The van der Waals surface area contributed by atoms with E-state index in [1.54, 1.807) is 12.1 Å². The van der Waals surface area contributed by atoms with Crippen LogP contribution in [0, 0.1) is 0 Å². The number of benzene rings is 2. The summed E-state index contributed by atoms with van der Waals surface area (Å²) in [5.74, 6) is 1.08. The van der Waals surface area contributed by atoms with Gasteiger partial charge in [-0.1, -0.05) is 6.07 Å². The summed E-state index contributed by atoms with van der Waals surface area (Å²) < 4.78 is 5.83. The molecule has 0 aliphatic heterocycles. The van der Waals surface area contributed by atoms with E-state index in [0.717, 1.165) is 5.69 Å². The molecular formula is C16H16N4O2. The van der Waals surface area contributed by atoms with Crippen molar-refractivity contribution in [2.24, 2.45) is 0 Å². The minimum atomic E-state index is -0.225. The second-order valence-corrected chi connectivity index (χ2v) is 5.13. The van der Waals surface area contributed by atoms with Crippen molar-refractivity contribution in [1.82, 2.24) is 9.97 Å². The molecule has 6 heteroatoms. The molecule has 22 heavy (non-hydrogen) atoms. The van der Waals surface area contributed by atoms with Gasteiger partial charge in [0.25, 0.3) is 5.56 Å². The number of aromatic nitrogens is 2. The molecule has 3 aromatic rings. The standard InChI is InChI=1S/C16H16N4O2/c1-20(2)10-4-3-5-11(6-10)22-15-7-12-14(8-13(15)17)18-9-19-16(12)21/h3-9H,17H2,1-2H3,(H,18,19,21). The quantitative estimate of drug-likeness (QED) is 0.725. The van der Waals surface area contributed by atoms with Crippen molar-refractivity contribution < 1.29 is 4.74 Å². The first kappa shape index (κ1) is 13.9. The number of H-pyrrole nitrogens is 1. The highest BCUT2D eigenvalue weighted by molar-refractivity contribution is 5.84. The summed E-state index contributed by atoms with van der Waals surface area (Å²) in [5, 5.41) is 0.440. The monoisotopic (exact) mass is 296 g/mol. The number of ether oxygens (including phenoxy) is 1. The number of anilines is 2. The zero-order valence-electron chi connectivity index (χ0n) is 12.3. The van der Waals surface area contributed by atoms with Gasteiger partial charge in [-0.15, -0.1) is 0 Å². The number of hydrogen-bond donors (Lipinski definition) is 2. The summed E-state index contributed by atoms with van der Waals surface area (Å²) in [7, 11) is 3.91. The van der Waals surface area contributed by atoms with E-state index < -0.39 is 0 Å². The van der Waals surface area contributed by atoms with Crippen molar-refractivity contribution in [2.45, 2.75) is 0 Å². The van der Waals surface area contributed by atoms with E-state index in [0.29, 0.717) is 28.1 Å². The predicted molar refractivity (Wildman–Crippen MR) is 87.6 cm³/mol. The number of nitrogens with one attached hydrogen (secondary N) is 1. The summed E-state index contributed by atoms with van der Waals surface area (Å²) >= 11 is 0. The van der Waals surface area contributed by atoms with Crippen molar-refractivity contribution >= 4 is 22.3 Å². The van der Waals surface area contributed by atoms with Crippen LogP contribution in [0.25, 0.3) is 10.9 Å². The molecule has 0 radical (unpaired) electrons. The SMILES string of the molecule is CN(C)c1cccc(Oc2cc3c(=O)[nH]cnc3cc2N)c1. The molecule has 0 saturated heterocycles. The van der Waals surface area contributed by atoms with Crippen LogP contribution in [0.1, 0.15) is 0 Å². The maximum atomic E-state index is 11.8. The van der Waals surface area contributed by atoms with Gasteiger partial charge in [-0.2, -0.15) is 0 Å². The Bertz CT molecular complexity index is 887. The number of nitrogen functional groups attached to an aromatic ring is 1. The van der Waals surface area contributed by atoms with Gasteiger partial charge < -0.3 is 20.4 Å². The van der Waals surface area contributed by atoms with Crippen LogP contribution in [0.5, 0.6) is 11.5 Å². The average Bonchev–Trinajstić information content (AvgIpc) is 2.49. The molecule has 0 fully saturated rings. The molecule has 3 N–H and O–H groups in total. The van der Waals surface area contributed by atoms with Crippen LogP contribution >= 0.6 is 0 Å². The van der Waals surface area contributed by atoms with Crippen molar-refractivity contribution in [3.8, 4) is 11.5 Å². The maximum absolute atomic E-state index is 11.8. The van der Waals surface area contributed by atoms with Gasteiger partial charge in [0, 0.05) is 25.8 Å². The Balaban J connectivity index is 2.03. The van der Waals surface area contributed by atoms with Crippen LogP contribution in [0.4, 0.5) is 11.4 Å². The van der Waals surface area contributed by atoms with Gasteiger partial charge in [-0.25, -0.2) is 4.98 Å². The fraction of sp³-hybridized carbons (Fsp3) is 0.125. The van der Waals surface area contributed by atoms with Gasteiger partial charge in [-0.3, -0.25) is 4.79 Å². The van der Waals surface area contributed by atoms with E-state index in [2.05, 4.69) is 9.97 Å². The molecule has 1 heterocycles. The Morgan fingerprint density at radius 3 is 2.82 bits per heavy atom. The van der Waals surface area contributed by atoms with E-state index in [1.807, 2.05) is 43.3 Å². The Hall–Kier alpha value is -3.02. The summed E-state index contributed by atoms with van der Waals surface area (Å²) in [4.78, 5) is 20.4. The first-order valence-corrected chi connectivity index (χ1v) is 6.77. The minimum absolute atomic E-state index is 0.225. The fourth-order valence-electron chi connectivity index (χ4n) is 2.15. The third kappa shape index (κ3) is 2.58. The van der Waals surface area contributed by atoms with Gasteiger partial charge in [-0.05, 0) is 24.3 Å². The summed E-state index contributed by atoms with van der Waals surface area (Å²) in [6.07, 6.45) is 1.35. The number of nitrogens with two attached hydrogens (primary N) is 1. The highest BCUT2D eigenvalue weighted by Crippen LogP contribution is 2.31. The topological polar surface area (TPSA) is 84.2 Å². The van der Waals surface area contributed by atoms with Crippen LogP contribution in [-0.4, -0.2) is 24.1 Å². The van der Waals surface area contributed by atoms with E-state index in [-0.39, 0.29) is 5.56 Å². The third-order valence-electron chi connectivity index (χ3n) is 3.33. The molecule has 0 aliphatic carbocycles. The summed E-state index contributed by atoms with van der Waals surface area (Å²) in [6.45, 7) is 0. The lowest BCUT2D eigenvalue weighted by molar-refractivity contribution is 0.486. The van der Waals surface area contributed by atoms with E-state index in [4.69, 9.17) is 10.5 Å². The van der Waals surface area contributed by atoms with E-state index >= 15 is 0 Å². The summed E-state index contributed by atoms with van der Waals surface area (Å²) in [5.41, 5.74) is 7.75. The van der Waals surface area contributed by atoms with Crippen molar-refractivity contribution in [2.75, 3.05) is 24.7 Å². The third-order valence-corrected chi connectivity index (χ3v) is 3.33. The maximum Gasteiger partial charge on any atom is 0.258 e. The first-order chi connectivity index (χ1) is 10.5. The summed E-state index contributed by atoms with van der Waals surface area (Å²) in [6, 6.07) is 10.9. The molecule has 0 amide bonds. The molecule has 2 aromatic carbocycles. The smallest absolute Gasteiger partial charge is 0.258 e. The van der Waals surface area contributed by atoms with E-state index in [1.165, 1.54) is 6.33 Å². The van der Waals surface area contributed by atoms with Gasteiger partial charge in [0.2, 0.25) is 0 Å². The van der Waals surface area contributed by atoms with Gasteiger partial charge in [0.1, 0.15) is 5.75 Å². The number of rotatable bonds is 3. The Morgan fingerprint density at radius 2 is 2.05 bits per heavy atom. The highest BCUT2D eigenvalue weighted by Gasteiger charge is 2.08. The van der Waals surface area contributed by atoms with Gasteiger partial charge in [0.05, 0.1) is 22.9 Å². The number of nitrogens with zero attached hydrogens (tertiary/aromatic N) is 2. The second-order valence-electron chi connectivity index (χ2n) is 5.13. The molecule has 0 aliphatic rings. The van der Waals surface area contributed by atoms with Gasteiger partial charge in [0.15, 0.2) is 5.75 Å². The first-order valence-electron chi connectivity index (χ1n) is 6.77. The zero-order chi connectivity index (χ0) is 15.7. The van der Waals surface area contributed by atoms with Crippen LogP contribution in [0.15, 0.2) is 47.5 Å². The van der Waals surface area contributed by atoms with Crippen molar-refractivity contribution in [3.05, 3.63) is 53.1 Å². The molecule has 1 aromatic heterocycles. The Kier molecular flexibility index (Phi) is 3.42. The molecule has 0 spiro atoms. The molecule has 6 nitrogen and oxygen atoms in total. The molecular weight excluding hydrogens is 280 g/mol. The Morgan fingerprint density at radius 1 is 1.23 bits per heavy atom. The predicted octanol–water partition coefficient (Wildman–Crippen LogP) is 2.36. The minimum Gasteiger partial charge on any atom is -0.455 e.